The number of aromatic amines is 1. The first-order chi connectivity index (χ1) is 13.7. The van der Waals surface area contributed by atoms with Gasteiger partial charge < -0.3 is 19.9 Å². The quantitative estimate of drug-likeness (QED) is 0.774. The molecule has 0 saturated carbocycles. The highest BCUT2D eigenvalue weighted by molar-refractivity contribution is 6.04. The average Bonchev–Trinajstić information content (AvgIpc) is 3.02. The summed E-state index contributed by atoms with van der Waals surface area (Å²) in [6.45, 7) is 6.86. The second-order valence-electron chi connectivity index (χ2n) is 8.55. The molecule has 29 heavy (non-hydrogen) atoms. The minimum Gasteiger partial charge on any atom is -0.444 e. The van der Waals surface area contributed by atoms with Crippen molar-refractivity contribution in [3.8, 4) is 0 Å². The van der Waals surface area contributed by atoms with E-state index in [1.54, 1.807) is 25.7 Å². The van der Waals surface area contributed by atoms with E-state index in [-0.39, 0.29) is 24.4 Å². The number of amides is 4. The highest BCUT2D eigenvalue weighted by atomic mass is 16.6. The Bertz CT molecular complexity index is 975. The molecule has 2 aliphatic rings. The van der Waals surface area contributed by atoms with E-state index in [4.69, 9.17) is 4.74 Å². The number of carbonyl (C=O) groups excluding carboxylic acids is 3. The molecule has 2 aromatic rings. The minimum absolute atomic E-state index is 0.172. The Labute approximate surface area is 169 Å². The van der Waals surface area contributed by atoms with Gasteiger partial charge in [0.1, 0.15) is 5.60 Å². The van der Waals surface area contributed by atoms with Crippen LogP contribution in [0.4, 0.5) is 9.59 Å². The standard InChI is InChI=1S/C21H26N4O4/c1-21(2,3)29-19(27)22-9-6-10-25-18(26)14-11-24(20(25)28)12-16-17(14)13-7-4-5-8-15(13)23-16/h4-5,7-8,14,23H,6,9-12H2,1-3H3,(H,22,27). The van der Waals surface area contributed by atoms with Gasteiger partial charge in [0.2, 0.25) is 5.91 Å². The molecule has 1 aromatic carbocycles. The predicted molar refractivity (Wildman–Crippen MR) is 107 cm³/mol. The van der Waals surface area contributed by atoms with Crippen LogP contribution in [0, 0.1) is 0 Å². The molecule has 8 nitrogen and oxygen atoms in total. The fourth-order valence-electron chi connectivity index (χ4n) is 4.06. The molecule has 3 heterocycles. The van der Waals surface area contributed by atoms with Gasteiger partial charge in [-0.25, -0.2) is 9.59 Å². The molecule has 0 radical (unpaired) electrons. The molecule has 0 spiro atoms. The van der Waals surface area contributed by atoms with Gasteiger partial charge in [-0.05, 0) is 38.8 Å². The molecule has 1 saturated heterocycles. The van der Waals surface area contributed by atoms with E-state index in [0.29, 0.717) is 26.1 Å². The van der Waals surface area contributed by atoms with Gasteiger partial charge in [0, 0.05) is 36.2 Å². The van der Waals surface area contributed by atoms with E-state index in [9.17, 15) is 14.4 Å². The SMILES string of the molecule is CC(C)(C)OC(=O)NCCCN1C(=O)C2CN(Cc3[nH]c4ccccc4c32)C1=O. The highest BCUT2D eigenvalue weighted by Gasteiger charge is 2.44. The van der Waals surface area contributed by atoms with Crippen LogP contribution < -0.4 is 5.32 Å². The fourth-order valence-corrected chi connectivity index (χ4v) is 4.06. The number of imide groups is 1. The number of para-hydroxylation sites is 1. The van der Waals surface area contributed by atoms with E-state index in [0.717, 1.165) is 22.2 Å². The number of urea groups is 1. The molecule has 0 aliphatic carbocycles. The third-order valence-corrected chi connectivity index (χ3v) is 5.22. The number of carbonyl (C=O) groups is 3. The monoisotopic (exact) mass is 398 g/mol. The van der Waals surface area contributed by atoms with Crippen LogP contribution in [0.25, 0.3) is 10.9 Å². The molecule has 4 amide bonds. The van der Waals surface area contributed by atoms with Crippen LogP contribution in [0.2, 0.25) is 0 Å². The first kappa shape index (κ1) is 19.3. The van der Waals surface area contributed by atoms with Crippen LogP contribution in [0.1, 0.15) is 44.4 Å². The van der Waals surface area contributed by atoms with Gasteiger partial charge in [-0.3, -0.25) is 9.69 Å². The maximum Gasteiger partial charge on any atom is 0.407 e. The number of fused-ring (bicyclic) bond motifs is 6. The van der Waals surface area contributed by atoms with Crippen molar-refractivity contribution < 1.29 is 19.1 Å². The summed E-state index contributed by atoms with van der Waals surface area (Å²) in [5.74, 6) is -0.527. The normalized spacial score (nSPS) is 18.8. The summed E-state index contributed by atoms with van der Waals surface area (Å²) in [4.78, 5) is 44.0. The minimum atomic E-state index is -0.565. The number of nitrogens with one attached hydrogen (secondary N) is 2. The van der Waals surface area contributed by atoms with Gasteiger partial charge in [0.25, 0.3) is 0 Å². The Morgan fingerprint density at radius 3 is 2.79 bits per heavy atom. The summed E-state index contributed by atoms with van der Waals surface area (Å²) >= 11 is 0. The molecule has 1 fully saturated rings. The van der Waals surface area contributed by atoms with Crippen molar-refractivity contribution in [3.63, 3.8) is 0 Å². The molecule has 2 N–H and O–H groups in total. The Hall–Kier alpha value is -3.03. The second kappa shape index (κ2) is 7.09. The zero-order valence-electron chi connectivity index (χ0n) is 16.9. The summed E-state index contributed by atoms with van der Waals surface area (Å²) < 4.78 is 5.19. The van der Waals surface area contributed by atoms with Gasteiger partial charge >= 0.3 is 12.1 Å². The van der Waals surface area contributed by atoms with E-state index in [1.807, 2.05) is 24.3 Å². The maximum atomic E-state index is 13.1. The number of aromatic nitrogens is 1. The smallest absolute Gasteiger partial charge is 0.407 e. The average molecular weight is 398 g/mol. The zero-order valence-corrected chi connectivity index (χ0v) is 16.9. The van der Waals surface area contributed by atoms with Crippen LogP contribution in [-0.4, -0.2) is 58.1 Å². The number of nitrogens with zero attached hydrogens (tertiary/aromatic N) is 2. The molecular formula is C21H26N4O4. The molecule has 8 heteroatoms. The molecular weight excluding hydrogens is 372 g/mol. The zero-order chi connectivity index (χ0) is 20.8. The lowest BCUT2D eigenvalue weighted by atomic mass is 9.89. The van der Waals surface area contributed by atoms with Crippen LogP contribution >= 0.6 is 0 Å². The number of H-pyrrole nitrogens is 1. The lowest BCUT2D eigenvalue weighted by Gasteiger charge is -2.42. The largest absolute Gasteiger partial charge is 0.444 e. The van der Waals surface area contributed by atoms with Crippen LogP contribution in [0.15, 0.2) is 24.3 Å². The van der Waals surface area contributed by atoms with E-state index < -0.39 is 11.7 Å². The van der Waals surface area contributed by atoms with Crippen molar-refractivity contribution >= 4 is 28.9 Å². The fraction of sp³-hybridized carbons (Fsp3) is 0.476. The maximum absolute atomic E-state index is 13.1. The van der Waals surface area contributed by atoms with Crippen molar-refractivity contribution in [2.45, 2.75) is 45.3 Å². The number of ether oxygens (including phenoxy) is 1. The van der Waals surface area contributed by atoms with Crippen molar-refractivity contribution in [3.05, 3.63) is 35.5 Å². The van der Waals surface area contributed by atoms with Crippen LogP contribution in [0.3, 0.4) is 0 Å². The third kappa shape index (κ3) is 3.66. The van der Waals surface area contributed by atoms with Crippen LogP contribution in [-0.2, 0) is 16.1 Å². The Kier molecular flexibility index (Phi) is 4.72. The van der Waals surface area contributed by atoms with E-state index in [2.05, 4.69) is 10.3 Å². The molecule has 1 atom stereocenters. The molecule has 4 rings (SSSR count). The predicted octanol–water partition coefficient (Wildman–Crippen LogP) is 2.94. The Balaban J connectivity index is 1.44. The molecule has 2 bridgehead atoms. The summed E-state index contributed by atoms with van der Waals surface area (Å²) in [5, 5.41) is 3.71. The molecule has 154 valence electrons. The Morgan fingerprint density at radius 1 is 1.28 bits per heavy atom. The Morgan fingerprint density at radius 2 is 2.03 bits per heavy atom. The number of benzene rings is 1. The van der Waals surface area contributed by atoms with E-state index >= 15 is 0 Å². The molecule has 1 unspecified atom stereocenters. The lowest BCUT2D eigenvalue weighted by Crippen LogP contribution is -2.57. The van der Waals surface area contributed by atoms with Crippen molar-refractivity contribution in [1.82, 2.24) is 20.1 Å². The lowest BCUT2D eigenvalue weighted by molar-refractivity contribution is -0.133. The number of hydrogen-bond donors (Lipinski definition) is 2. The van der Waals surface area contributed by atoms with Crippen LogP contribution in [0.5, 0.6) is 0 Å². The molecule has 2 aliphatic heterocycles. The van der Waals surface area contributed by atoms with Crippen molar-refractivity contribution in [2.24, 2.45) is 0 Å². The third-order valence-electron chi connectivity index (χ3n) is 5.22. The van der Waals surface area contributed by atoms with Crippen molar-refractivity contribution in [1.29, 1.82) is 0 Å². The summed E-state index contributed by atoms with van der Waals surface area (Å²) in [5.41, 5.74) is 2.37. The summed E-state index contributed by atoms with van der Waals surface area (Å²) in [7, 11) is 0. The summed E-state index contributed by atoms with van der Waals surface area (Å²) in [6, 6.07) is 7.64. The van der Waals surface area contributed by atoms with Crippen molar-refractivity contribution in [2.75, 3.05) is 19.6 Å². The van der Waals surface area contributed by atoms with Gasteiger partial charge in [0.15, 0.2) is 0 Å². The van der Waals surface area contributed by atoms with Gasteiger partial charge in [-0.1, -0.05) is 18.2 Å². The number of hydrogen-bond acceptors (Lipinski definition) is 4. The first-order valence-corrected chi connectivity index (χ1v) is 9.91. The number of rotatable bonds is 4. The van der Waals surface area contributed by atoms with Gasteiger partial charge in [-0.2, -0.15) is 0 Å². The van der Waals surface area contributed by atoms with Gasteiger partial charge in [-0.15, -0.1) is 0 Å². The molecule has 1 aromatic heterocycles. The van der Waals surface area contributed by atoms with Gasteiger partial charge in [0.05, 0.1) is 12.5 Å². The highest BCUT2D eigenvalue weighted by Crippen LogP contribution is 2.38. The summed E-state index contributed by atoms with van der Waals surface area (Å²) in [6.07, 6.45) is -0.0317. The topological polar surface area (TPSA) is 94.7 Å². The van der Waals surface area contributed by atoms with E-state index in [1.165, 1.54) is 4.90 Å². The second-order valence-corrected chi connectivity index (χ2v) is 8.55. The number of alkyl carbamates (subject to hydrolysis) is 1. The first-order valence-electron chi connectivity index (χ1n) is 9.91.